The van der Waals surface area contributed by atoms with E-state index in [9.17, 15) is 4.79 Å². The van der Waals surface area contributed by atoms with Crippen molar-refractivity contribution in [2.75, 3.05) is 0 Å². The van der Waals surface area contributed by atoms with E-state index in [-0.39, 0.29) is 5.56 Å². The van der Waals surface area contributed by atoms with Crippen LogP contribution in [0.2, 0.25) is 0 Å². The number of aromatic nitrogens is 2. The maximum Gasteiger partial charge on any atom is 0.269 e. The Kier molecular flexibility index (Phi) is 2.86. The molecule has 0 N–H and O–H groups in total. The van der Waals surface area contributed by atoms with Crippen molar-refractivity contribution in [1.82, 2.24) is 9.78 Å². The summed E-state index contributed by atoms with van der Waals surface area (Å²) in [7, 11) is 1.69. The third-order valence-electron chi connectivity index (χ3n) is 2.25. The molecule has 0 amide bonds. The van der Waals surface area contributed by atoms with Gasteiger partial charge in [-0.25, -0.2) is 4.68 Å². The van der Waals surface area contributed by atoms with Crippen LogP contribution in [0, 0.1) is 0 Å². The van der Waals surface area contributed by atoms with E-state index < -0.39 is 0 Å². The summed E-state index contributed by atoms with van der Waals surface area (Å²) in [5, 5.41) is 4.01. The van der Waals surface area contributed by atoms with Gasteiger partial charge in [-0.2, -0.15) is 5.10 Å². The highest BCUT2D eigenvalue weighted by Gasteiger charge is 2.10. The fourth-order valence-electron chi connectivity index (χ4n) is 1.45. The van der Waals surface area contributed by atoms with Crippen molar-refractivity contribution in [3.8, 4) is 0 Å². The summed E-state index contributed by atoms with van der Waals surface area (Å²) >= 11 is 0. The highest BCUT2D eigenvalue weighted by Crippen LogP contribution is 2.15. The molecule has 3 nitrogen and oxygen atoms in total. The van der Waals surface area contributed by atoms with Gasteiger partial charge in [-0.3, -0.25) is 4.79 Å². The van der Waals surface area contributed by atoms with Gasteiger partial charge in [0, 0.05) is 12.6 Å². The summed E-state index contributed by atoms with van der Waals surface area (Å²) in [6.07, 6.45) is 2.58. The number of aryl methyl sites for hydroxylation is 1. The molecule has 1 heterocycles. The Morgan fingerprint density at radius 3 is 2.62 bits per heavy atom. The number of nitrogens with zero attached hydrogens (tertiary/aromatic N) is 2. The zero-order chi connectivity index (χ0) is 10.0. The largest absolute Gasteiger partial charge is 0.269 e. The van der Waals surface area contributed by atoms with Crippen LogP contribution in [0.3, 0.4) is 0 Å². The van der Waals surface area contributed by atoms with Gasteiger partial charge in [-0.15, -0.1) is 0 Å². The second-order valence-corrected chi connectivity index (χ2v) is 3.52. The first-order valence-electron chi connectivity index (χ1n) is 4.63. The molecule has 0 radical (unpaired) electrons. The van der Waals surface area contributed by atoms with Gasteiger partial charge < -0.3 is 0 Å². The molecule has 0 spiro atoms. The Morgan fingerprint density at radius 1 is 1.54 bits per heavy atom. The lowest BCUT2D eigenvalue weighted by Crippen LogP contribution is -2.25. The second-order valence-electron chi connectivity index (χ2n) is 3.52. The van der Waals surface area contributed by atoms with E-state index in [2.05, 4.69) is 18.9 Å². The van der Waals surface area contributed by atoms with Crippen LogP contribution < -0.4 is 5.56 Å². The summed E-state index contributed by atoms with van der Waals surface area (Å²) in [5.74, 6) is 0.372. The molecule has 0 bridgehead atoms. The minimum atomic E-state index is 0.0358. The molecule has 1 aromatic rings. The maximum atomic E-state index is 11.6. The molecule has 13 heavy (non-hydrogen) atoms. The van der Waals surface area contributed by atoms with Crippen LogP contribution in [0.25, 0.3) is 0 Å². The highest BCUT2D eigenvalue weighted by atomic mass is 16.1. The molecule has 0 saturated carbocycles. The van der Waals surface area contributed by atoms with E-state index in [1.165, 1.54) is 4.68 Å². The van der Waals surface area contributed by atoms with Crippen LogP contribution in [0.4, 0.5) is 0 Å². The Balaban J connectivity index is 3.39. The first-order valence-corrected chi connectivity index (χ1v) is 4.63. The summed E-state index contributed by atoms with van der Waals surface area (Å²) < 4.78 is 1.39. The Morgan fingerprint density at radius 2 is 2.15 bits per heavy atom. The molecule has 0 aliphatic rings. The standard InChI is InChI=1S/C10H16N2O/c1-5-8-9(7(2)3)6-11-12(4)10(8)13/h6-7H,5H2,1-4H3. The van der Waals surface area contributed by atoms with Crippen LogP contribution in [-0.2, 0) is 13.5 Å². The SMILES string of the molecule is CCc1c(C(C)C)cnn(C)c1=O. The van der Waals surface area contributed by atoms with E-state index in [1.807, 2.05) is 6.92 Å². The van der Waals surface area contributed by atoms with Gasteiger partial charge in [0.1, 0.15) is 0 Å². The summed E-state index contributed by atoms with van der Waals surface area (Å²) in [4.78, 5) is 11.6. The first kappa shape index (κ1) is 9.96. The Hall–Kier alpha value is -1.12. The average Bonchev–Trinajstić information content (AvgIpc) is 2.09. The van der Waals surface area contributed by atoms with Crippen LogP contribution >= 0.6 is 0 Å². The molecule has 0 saturated heterocycles. The van der Waals surface area contributed by atoms with E-state index >= 15 is 0 Å². The van der Waals surface area contributed by atoms with Crippen LogP contribution in [0.15, 0.2) is 11.0 Å². The monoisotopic (exact) mass is 180 g/mol. The second kappa shape index (κ2) is 3.73. The van der Waals surface area contributed by atoms with E-state index in [1.54, 1.807) is 13.2 Å². The maximum absolute atomic E-state index is 11.6. The van der Waals surface area contributed by atoms with Gasteiger partial charge >= 0.3 is 0 Å². The molecule has 72 valence electrons. The van der Waals surface area contributed by atoms with Crippen molar-refractivity contribution < 1.29 is 0 Å². The van der Waals surface area contributed by atoms with E-state index in [4.69, 9.17) is 0 Å². The van der Waals surface area contributed by atoms with Crippen molar-refractivity contribution >= 4 is 0 Å². The Labute approximate surface area is 78.4 Å². The molecule has 0 atom stereocenters. The number of rotatable bonds is 2. The van der Waals surface area contributed by atoms with Crippen molar-refractivity contribution in [3.05, 3.63) is 27.7 Å². The summed E-state index contributed by atoms with van der Waals surface area (Å²) in [6.45, 7) is 6.16. The zero-order valence-electron chi connectivity index (χ0n) is 8.66. The minimum absolute atomic E-state index is 0.0358. The van der Waals surface area contributed by atoms with Gasteiger partial charge in [0.05, 0.1) is 6.20 Å². The van der Waals surface area contributed by atoms with Crippen molar-refractivity contribution in [2.45, 2.75) is 33.1 Å². The fraction of sp³-hybridized carbons (Fsp3) is 0.600. The van der Waals surface area contributed by atoms with Crippen molar-refractivity contribution in [2.24, 2.45) is 7.05 Å². The molecule has 3 heteroatoms. The minimum Gasteiger partial charge on any atom is -0.268 e. The normalized spacial score (nSPS) is 10.8. The quantitative estimate of drug-likeness (QED) is 0.690. The lowest BCUT2D eigenvalue weighted by Gasteiger charge is -2.10. The molecule has 1 aromatic heterocycles. The third-order valence-corrected chi connectivity index (χ3v) is 2.25. The smallest absolute Gasteiger partial charge is 0.268 e. The number of hydrogen-bond donors (Lipinski definition) is 0. The molecule has 0 aromatic carbocycles. The van der Waals surface area contributed by atoms with Gasteiger partial charge in [0.2, 0.25) is 0 Å². The van der Waals surface area contributed by atoms with Gasteiger partial charge in [0.25, 0.3) is 5.56 Å². The van der Waals surface area contributed by atoms with Gasteiger partial charge in [-0.1, -0.05) is 20.8 Å². The summed E-state index contributed by atoms with van der Waals surface area (Å²) in [6, 6.07) is 0. The number of hydrogen-bond acceptors (Lipinski definition) is 2. The van der Waals surface area contributed by atoms with Crippen LogP contribution in [0.1, 0.15) is 37.8 Å². The third kappa shape index (κ3) is 1.79. The summed E-state index contributed by atoms with van der Waals surface area (Å²) in [5.41, 5.74) is 2.01. The van der Waals surface area contributed by atoms with E-state index in [0.717, 1.165) is 17.5 Å². The van der Waals surface area contributed by atoms with Gasteiger partial charge in [-0.05, 0) is 17.9 Å². The predicted octanol–water partition coefficient (Wildman–Crippen LogP) is 1.47. The molecule has 1 rings (SSSR count). The zero-order valence-corrected chi connectivity index (χ0v) is 8.66. The molecule has 0 unspecified atom stereocenters. The topological polar surface area (TPSA) is 34.9 Å². The van der Waals surface area contributed by atoms with Crippen molar-refractivity contribution in [3.63, 3.8) is 0 Å². The van der Waals surface area contributed by atoms with E-state index in [0.29, 0.717) is 5.92 Å². The molecule has 0 aliphatic heterocycles. The Bertz CT molecular complexity index is 352. The lowest BCUT2D eigenvalue weighted by atomic mass is 9.99. The molecular weight excluding hydrogens is 164 g/mol. The van der Waals surface area contributed by atoms with Gasteiger partial charge in [0.15, 0.2) is 0 Å². The first-order chi connectivity index (χ1) is 6.07. The highest BCUT2D eigenvalue weighted by molar-refractivity contribution is 5.24. The lowest BCUT2D eigenvalue weighted by molar-refractivity contribution is 0.672. The fourth-order valence-corrected chi connectivity index (χ4v) is 1.45. The average molecular weight is 180 g/mol. The molecule has 0 fully saturated rings. The van der Waals surface area contributed by atoms with Crippen LogP contribution in [0.5, 0.6) is 0 Å². The molecule has 0 aliphatic carbocycles. The van der Waals surface area contributed by atoms with Crippen molar-refractivity contribution in [1.29, 1.82) is 0 Å². The van der Waals surface area contributed by atoms with Crippen LogP contribution in [-0.4, -0.2) is 9.78 Å². The predicted molar refractivity (Wildman–Crippen MR) is 52.9 cm³/mol. The molecular formula is C10H16N2O.